The van der Waals surface area contributed by atoms with Crippen molar-refractivity contribution in [2.24, 2.45) is 0 Å². The summed E-state index contributed by atoms with van der Waals surface area (Å²) in [4.78, 5) is 15.5. The molecule has 144 valence electrons. The minimum atomic E-state index is -0.151. The largest absolute Gasteiger partial charge is 0.454 e. The molecule has 9 heteroatoms. The molecule has 1 aromatic carbocycles. The lowest BCUT2D eigenvalue weighted by Gasteiger charge is -2.31. The minimum absolute atomic E-state index is 0.0393. The average Bonchev–Trinajstić information content (AvgIpc) is 3.48. The first kappa shape index (κ1) is 17.1. The van der Waals surface area contributed by atoms with Gasteiger partial charge in [0, 0.05) is 24.8 Å². The van der Waals surface area contributed by atoms with Crippen LogP contribution in [-0.4, -0.2) is 41.0 Å². The number of ether oxygens (including phenoxy) is 2. The number of rotatable bonds is 3. The predicted molar refractivity (Wildman–Crippen MR) is 103 cm³/mol. The van der Waals surface area contributed by atoms with E-state index in [1.807, 2.05) is 17.5 Å². The third-order valence-electron chi connectivity index (χ3n) is 4.85. The van der Waals surface area contributed by atoms with Crippen LogP contribution in [0, 0.1) is 0 Å². The average molecular weight is 398 g/mol. The summed E-state index contributed by atoms with van der Waals surface area (Å²) >= 11 is 1.56. The van der Waals surface area contributed by atoms with Crippen molar-refractivity contribution < 1.29 is 18.7 Å². The van der Waals surface area contributed by atoms with Crippen molar-refractivity contribution in [3.05, 3.63) is 41.6 Å². The molecule has 1 N–H and O–H groups in total. The Morgan fingerprint density at radius 2 is 2.14 bits per heavy atom. The maximum absolute atomic E-state index is 12.7. The SMILES string of the molecule is O=C(Nc1ccc2c(c1)OCO2)N1CCCC(c2nnc(-c3cccs3)o2)C1. The molecule has 1 fully saturated rings. The van der Waals surface area contributed by atoms with Gasteiger partial charge in [-0.3, -0.25) is 0 Å². The number of hydrogen-bond acceptors (Lipinski definition) is 7. The first-order valence-electron chi connectivity index (χ1n) is 9.09. The molecule has 0 radical (unpaired) electrons. The Morgan fingerprint density at radius 3 is 3.04 bits per heavy atom. The van der Waals surface area contributed by atoms with Crippen molar-refractivity contribution >= 4 is 23.1 Å². The third-order valence-corrected chi connectivity index (χ3v) is 5.71. The van der Waals surface area contributed by atoms with Gasteiger partial charge in [-0.25, -0.2) is 4.79 Å². The second-order valence-corrected chi connectivity index (χ2v) is 7.65. The van der Waals surface area contributed by atoms with Crippen LogP contribution in [0.25, 0.3) is 10.8 Å². The van der Waals surface area contributed by atoms with Crippen LogP contribution in [0.1, 0.15) is 24.7 Å². The number of fused-ring (bicyclic) bond motifs is 1. The Morgan fingerprint density at radius 1 is 1.21 bits per heavy atom. The van der Waals surface area contributed by atoms with E-state index in [0.29, 0.717) is 42.1 Å². The quantitative estimate of drug-likeness (QED) is 0.719. The van der Waals surface area contributed by atoms with Crippen LogP contribution in [0.15, 0.2) is 40.1 Å². The van der Waals surface area contributed by atoms with Gasteiger partial charge in [0.05, 0.1) is 10.8 Å². The van der Waals surface area contributed by atoms with Crippen LogP contribution < -0.4 is 14.8 Å². The van der Waals surface area contributed by atoms with Gasteiger partial charge in [-0.05, 0) is 36.4 Å². The Bertz CT molecular complexity index is 988. The lowest BCUT2D eigenvalue weighted by molar-refractivity contribution is 0.174. The second-order valence-electron chi connectivity index (χ2n) is 6.71. The number of carbonyl (C=O) groups is 1. The maximum atomic E-state index is 12.7. The van der Waals surface area contributed by atoms with Gasteiger partial charge >= 0.3 is 6.03 Å². The monoisotopic (exact) mass is 398 g/mol. The number of thiophene rings is 1. The van der Waals surface area contributed by atoms with Gasteiger partial charge in [-0.1, -0.05) is 6.07 Å². The molecule has 4 heterocycles. The lowest BCUT2D eigenvalue weighted by Crippen LogP contribution is -2.41. The summed E-state index contributed by atoms with van der Waals surface area (Å²) in [5.74, 6) is 2.49. The lowest BCUT2D eigenvalue weighted by atomic mass is 9.98. The van der Waals surface area contributed by atoms with E-state index >= 15 is 0 Å². The van der Waals surface area contributed by atoms with Gasteiger partial charge in [-0.2, -0.15) is 0 Å². The van der Waals surface area contributed by atoms with Crippen LogP contribution in [0.5, 0.6) is 11.5 Å². The van der Waals surface area contributed by atoms with Gasteiger partial charge in [0.15, 0.2) is 11.5 Å². The summed E-state index contributed by atoms with van der Waals surface area (Å²) in [7, 11) is 0. The van der Waals surface area contributed by atoms with Crippen molar-refractivity contribution in [2.75, 3.05) is 25.2 Å². The smallest absolute Gasteiger partial charge is 0.321 e. The normalized spacial score (nSPS) is 18.3. The molecule has 1 atom stereocenters. The molecule has 1 unspecified atom stereocenters. The number of benzene rings is 1. The number of hydrogen-bond donors (Lipinski definition) is 1. The van der Waals surface area contributed by atoms with Crippen LogP contribution in [0.4, 0.5) is 10.5 Å². The van der Waals surface area contributed by atoms with Crippen molar-refractivity contribution in [2.45, 2.75) is 18.8 Å². The highest BCUT2D eigenvalue weighted by Crippen LogP contribution is 2.35. The Balaban J connectivity index is 1.26. The van der Waals surface area contributed by atoms with E-state index in [0.717, 1.165) is 17.7 Å². The molecule has 2 aromatic heterocycles. The molecular formula is C19H18N4O4S. The first-order chi connectivity index (χ1) is 13.8. The zero-order chi connectivity index (χ0) is 18.9. The van der Waals surface area contributed by atoms with E-state index in [1.54, 1.807) is 34.4 Å². The number of aromatic nitrogens is 2. The van der Waals surface area contributed by atoms with Gasteiger partial charge in [0.2, 0.25) is 12.7 Å². The fraction of sp³-hybridized carbons (Fsp3) is 0.316. The first-order valence-corrected chi connectivity index (χ1v) is 9.97. The fourth-order valence-corrected chi connectivity index (χ4v) is 4.08. The van der Waals surface area contributed by atoms with Crippen molar-refractivity contribution in [1.82, 2.24) is 15.1 Å². The molecule has 2 amide bonds. The number of urea groups is 1. The summed E-state index contributed by atoms with van der Waals surface area (Å²) in [6.45, 7) is 1.44. The molecule has 28 heavy (non-hydrogen) atoms. The molecule has 3 aromatic rings. The van der Waals surface area contributed by atoms with Crippen LogP contribution in [0.3, 0.4) is 0 Å². The van der Waals surface area contributed by atoms with Crippen molar-refractivity contribution in [3.63, 3.8) is 0 Å². The summed E-state index contributed by atoms with van der Waals surface area (Å²) in [6.07, 6.45) is 1.80. The summed E-state index contributed by atoms with van der Waals surface area (Å²) < 4.78 is 16.5. The zero-order valence-electron chi connectivity index (χ0n) is 15.0. The molecule has 8 nitrogen and oxygen atoms in total. The number of amides is 2. The second kappa shape index (κ2) is 7.16. The van der Waals surface area contributed by atoms with Crippen molar-refractivity contribution in [1.29, 1.82) is 0 Å². The Kier molecular flexibility index (Phi) is 4.36. The molecular weight excluding hydrogens is 380 g/mol. The van der Waals surface area contributed by atoms with E-state index < -0.39 is 0 Å². The summed E-state index contributed by atoms with van der Waals surface area (Å²) in [5, 5.41) is 13.3. The van der Waals surface area contributed by atoms with Crippen molar-refractivity contribution in [3.8, 4) is 22.3 Å². The number of carbonyl (C=O) groups excluding carboxylic acids is 1. The molecule has 2 aliphatic heterocycles. The molecule has 0 bridgehead atoms. The number of anilines is 1. The highest BCUT2D eigenvalue weighted by atomic mass is 32.1. The number of nitrogens with zero attached hydrogens (tertiary/aromatic N) is 3. The van der Waals surface area contributed by atoms with Crippen LogP contribution in [-0.2, 0) is 0 Å². The summed E-state index contributed by atoms with van der Waals surface area (Å²) in [6, 6.07) is 9.12. The maximum Gasteiger partial charge on any atom is 0.321 e. The zero-order valence-corrected chi connectivity index (χ0v) is 15.8. The number of piperidine rings is 1. The van der Waals surface area contributed by atoms with Gasteiger partial charge < -0.3 is 24.1 Å². The van der Waals surface area contributed by atoms with E-state index in [1.165, 1.54) is 0 Å². The van der Waals surface area contributed by atoms with E-state index in [4.69, 9.17) is 13.9 Å². The molecule has 0 aliphatic carbocycles. The minimum Gasteiger partial charge on any atom is -0.454 e. The predicted octanol–water partition coefficient (Wildman–Crippen LogP) is 3.94. The third kappa shape index (κ3) is 3.29. The highest BCUT2D eigenvalue weighted by molar-refractivity contribution is 7.13. The van der Waals surface area contributed by atoms with Crippen LogP contribution >= 0.6 is 11.3 Å². The molecule has 5 rings (SSSR count). The van der Waals surface area contributed by atoms with E-state index in [-0.39, 0.29) is 18.7 Å². The fourth-order valence-electron chi connectivity index (χ4n) is 3.44. The van der Waals surface area contributed by atoms with E-state index in [2.05, 4.69) is 15.5 Å². The van der Waals surface area contributed by atoms with Crippen LogP contribution in [0.2, 0.25) is 0 Å². The van der Waals surface area contributed by atoms with Gasteiger partial charge in [-0.15, -0.1) is 21.5 Å². The standard InChI is InChI=1S/C19H18N4O4S/c24-19(20-13-5-6-14-15(9-13)26-11-25-14)23-7-1-3-12(10-23)17-21-22-18(27-17)16-4-2-8-28-16/h2,4-6,8-9,12H,1,3,7,10-11H2,(H,20,24). The topological polar surface area (TPSA) is 89.7 Å². The van der Waals surface area contributed by atoms with E-state index in [9.17, 15) is 4.79 Å². The molecule has 0 saturated carbocycles. The molecule has 2 aliphatic rings. The Hall–Kier alpha value is -3.07. The highest BCUT2D eigenvalue weighted by Gasteiger charge is 2.29. The van der Waals surface area contributed by atoms with Gasteiger partial charge in [0.25, 0.3) is 5.89 Å². The number of likely N-dealkylation sites (tertiary alicyclic amines) is 1. The summed E-state index contributed by atoms with van der Waals surface area (Å²) in [5.41, 5.74) is 0.675. The molecule has 0 spiro atoms. The number of nitrogens with one attached hydrogen (secondary N) is 1. The van der Waals surface area contributed by atoms with Gasteiger partial charge in [0.1, 0.15) is 0 Å². The molecule has 1 saturated heterocycles. The Labute approximate surface area is 165 Å².